The van der Waals surface area contributed by atoms with E-state index in [1.54, 1.807) is 35.5 Å². The Bertz CT molecular complexity index is 818. The molecule has 0 radical (unpaired) electrons. The number of primary amides is 1. The number of hydrogen-bond donors (Lipinski definition) is 1. The molecule has 1 aliphatic heterocycles. The number of rotatable bonds is 7. The Morgan fingerprint density at radius 3 is 2.46 bits per heavy atom. The Balaban J connectivity index is 1.69. The summed E-state index contributed by atoms with van der Waals surface area (Å²) in [5.74, 6) is 0.607. The summed E-state index contributed by atoms with van der Waals surface area (Å²) in [6, 6.07) is 8.98. The maximum absolute atomic E-state index is 12.8. The van der Waals surface area contributed by atoms with Gasteiger partial charge in [-0.25, -0.2) is 0 Å². The molecule has 2 amide bonds. The van der Waals surface area contributed by atoms with Crippen molar-refractivity contribution in [3.63, 3.8) is 0 Å². The van der Waals surface area contributed by atoms with Gasteiger partial charge >= 0.3 is 0 Å². The minimum absolute atomic E-state index is 0.0791. The first-order chi connectivity index (χ1) is 13.6. The maximum atomic E-state index is 12.8. The average Bonchev–Trinajstić information content (AvgIpc) is 2.73. The van der Waals surface area contributed by atoms with E-state index in [0.717, 1.165) is 5.56 Å². The van der Waals surface area contributed by atoms with E-state index in [9.17, 15) is 9.59 Å². The molecular weight excluding hydrogens is 358 g/mol. The van der Waals surface area contributed by atoms with Crippen LogP contribution in [0.1, 0.15) is 35.7 Å². The van der Waals surface area contributed by atoms with Crippen molar-refractivity contribution >= 4 is 11.8 Å². The van der Waals surface area contributed by atoms with Gasteiger partial charge in [-0.15, -0.1) is 0 Å². The van der Waals surface area contributed by atoms with Gasteiger partial charge in [0.25, 0.3) is 5.91 Å². The maximum Gasteiger partial charge on any atom is 0.253 e. The second-order valence-electron chi connectivity index (χ2n) is 6.71. The number of nitrogens with zero attached hydrogens (tertiary/aromatic N) is 2. The van der Waals surface area contributed by atoms with Crippen molar-refractivity contribution < 1.29 is 19.1 Å². The van der Waals surface area contributed by atoms with Crippen LogP contribution in [0.25, 0.3) is 0 Å². The van der Waals surface area contributed by atoms with Crippen LogP contribution in [0.15, 0.2) is 42.7 Å². The number of benzene rings is 1. The quantitative estimate of drug-likeness (QED) is 0.792. The summed E-state index contributed by atoms with van der Waals surface area (Å²) >= 11 is 0. The van der Waals surface area contributed by atoms with E-state index in [4.69, 9.17) is 15.2 Å². The highest BCUT2D eigenvalue weighted by atomic mass is 16.5. The number of hydrogen-bond acceptors (Lipinski definition) is 5. The van der Waals surface area contributed by atoms with Gasteiger partial charge in [-0.3, -0.25) is 14.6 Å². The highest BCUT2D eigenvalue weighted by Gasteiger charge is 2.27. The molecule has 1 aliphatic rings. The van der Waals surface area contributed by atoms with E-state index in [-0.39, 0.29) is 17.7 Å². The second kappa shape index (κ2) is 9.21. The van der Waals surface area contributed by atoms with E-state index in [2.05, 4.69) is 4.98 Å². The number of carbonyl (C=O) groups is 2. The summed E-state index contributed by atoms with van der Waals surface area (Å²) in [7, 11) is 0. The zero-order valence-corrected chi connectivity index (χ0v) is 16.0. The lowest BCUT2D eigenvalue weighted by molar-refractivity contribution is -0.123. The third-order valence-corrected chi connectivity index (χ3v) is 4.82. The topological polar surface area (TPSA) is 94.8 Å². The van der Waals surface area contributed by atoms with Crippen molar-refractivity contribution in [3.05, 3.63) is 53.9 Å². The van der Waals surface area contributed by atoms with Crippen LogP contribution in [0.3, 0.4) is 0 Å². The molecule has 1 saturated heterocycles. The molecule has 0 atom stereocenters. The molecule has 2 aromatic rings. The van der Waals surface area contributed by atoms with Crippen molar-refractivity contribution in [3.8, 4) is 11.5 Å². The van der Waals surface area contributed by atoms with Gasteiger partial charge in [0, 0.05) is 37.0 Å². The fraction of sp³-hybridized carbons (Fsp3) is 0.381. The molecule has 1 aromatic carbocycles. The van der Waals surface area contributed by atoms with Crippen molar-refractivity contribution in [1.29, 1.82) is 0 Å². The summed E-state index contributed by atoms with van der Waals surface area (Å²) in [6.07, 6.45) is 4.63. The summed E-state index contributed by atoms with van der Waals surface area (Å²) in [6.45, 7) is 3.78. The van der Waals surface area contributed by atoms with Crippen LogP contribution < -0.4 is 15.2 Å². The predicted molar refractivity (Wildman–Crippen MR) is 104 cm³/mol. The van der Waals surface area contributed by atoms with Crippen molar-refractivity contribution in [1.82, 2.24) is 9.88 Å². The SMILES string of the molecule is CCOc1cc(C(=O)N2CCC(C(N)=O)CC2)ccc1OCc1ccncc1. The number of amides is 2. The van der Waals surface area contributed by atoms with Crippen LogP contribution >= 0.6 is 0 Å². The summed E-state index contributed by atoms with van der Waals surface area (Å²) < 4.78 is 11.6. The molecule has 2 N–H and O–H groups in total. The third kappa shape index (κ3) is 4.79. The number of nitrogens with two attached hydrogens (primary N) is 1. The summed E-state index contributed by atoms with van der Waals surface area (Å²) in [5, 5.41) is 0. The highest BCUT2D eigenvalue weighted by Crippen LogP contribution is 2.30. The fourth-order valence-electron chi connectivity index (χ4n) is 3.22. The van der Waals surface area contributed by atoms with Crippen LogP contribution in [-0.4, -0.2) is 41.4 Å². The van der Waals surface area contributed by atoms with Gasteiger partial charge in [0.2, 0.25) is 5.91 Å². The third-order valence-electron chi connectivity index (χ3n) is 4.82. The van der Waals surface area contributed by atoms with Gasteiger partial charge in [0.1, 0.15) is 6.61 Å². The largest absolute Gasteiger partial charge is 0.490 e. The number of pyridine rings is 1. The smallest absolute Gasteiger partial charge is 0.253 e. The van der Waals surface area contributed by atoms with Crippen molar-refractivity contribution in [2.24, 2.45) is 11.7 Å². The van der Waals surface area contributed by atoms with Gasteiger partial charge in [-0.05, 0) is 55.7 Å². The molecule has 1 fully saturated rings. The van der Waals surface area contributed by atoms with Crippen LogP contribution in [0.5, 0.6) is 11.5 Å². The molecular formula is C21H25N3O4. The number of carbonyl (C=O) groups excluding carboxylic acids is 2. The normalized spacial score (nSPS) is 14.5. The fourth-order valence-corrected chi connectivity index (χ4v) is 3.22. The van der Waals surface area contributed by atoms with Gasteiger partial charge in [0.05, 0.1) is 6.61 Å². The molecule has 2 heterocycles. The van der Waals surface area contributed by atoms with Crippen LogP contribution in [0, 0.1) is 5.92 Å². The number of likely N-dealkylation sites (tertiary alicyclic amines) is 1. The molecule has 7 heteroatoms. The number of ether oxygens (including phenoxy) is 2. The first-order valence-electron chi connectivity index (χ1n) is 9.45. The van der Waals surface area contributed by atoms with E-state index in [1.807, 2.05) is 19.1 Å². The predicted octanol–water partition coefficient (Wildman–Crippen LogP) is 2.40. The molecule has 148 valence electrons. The first-order valence-corrected chi connectivity index (χ1v) is 9.45. The van der Waals surface area contributed by atoms with Crippen molar-refractivity contribution in [2.75, 3.05) is 19.7 Å². The zero-order valence-electron chi connectivity index (χ0n) is 16.0. The van der Waals surface area contributed by atoms with Crippen LogP contribution in [0.4, 0.5) is 0 Å². The second-order valence-corrected chi connectivity index (χ2v) is 6.71. The molecule has 0 saturated carbocycles. The minimum atomic E-state index is -0.290. The molecule has 0 unspecified atom stereocenters. The van der Waals surface area contributed by atoms with Gasteiger partial charge in [0.15, 0.2) is 11.5 Å². The number of aromatic nitrogens is 1. The van der Waals surface area contributed by atoms with E-state index >= 15 is 0 Å². The lowest BCUT2D eigenvalue weighted by atomic mass is 9.96. The average molecular weight is 383 g/mol. The standard InChI is InChI=1S/C21H25N3O4/c1-2-27-19-13-17(21(26)24-11-7-16(8-12-24)20(22)25)3-4-18(19)28-14-15-5-9-23-10-6-15/h3-6,9-10,13,16H,2,7-8,11-12,14H2,1H3,(H2,22,25). The Hall–Kier alpha value is -3.09. The lowest BCUT2D eigenvalue weighted by Gasteiger charge is -2.30. The first kappa shape index (κ1) is 19.7. The Morgan fingerprint density at radius 1 is 1.11 bits per heavy atom. The van der Waals surface area contributed by atoms with Gasteiger partial charge in [-0.2, -0.15) is 0 Å². The monoisotopic (exact) mass is 383 g/mol. The van der Waals surface area contributed by atoms with E-state index in [1.165, 1.54) is 0 Å². The zero-order chi connectivity index (χ0) is 19.9. The Morgan fingerprint density at radius 2 is 1.82 bits per heavy atom. The van der Waals surface area contributed by atoms with E-state index in [0.29, 0.717) is 56.2 Å². The molecule has 0 aliphatic carbocycles. The molecule has 1 aromatic heterocycles. The minimum Gasteiger partial charge on any atom is -0.490 e. The lowest BCUT2D eigenvalue weighted by Crippen LogP contribution is -2.41. The molecule has 28 heavy (non-hydrogen) atoms. The summed E-state index contributed by atoms with van der Waals surface area (Å²) in [4.78, 5) is 29.9. The van der Waals surface area contributed by atoms with E-state index < -0.39 is 0 Å². The van der Waals surface area contributed by atoms with Gasteiger partial charge < -0.3 is 20.1 Å². The molecule has 3 rings (SSSR count). The molecule has 7 nitrogen and oxygen atoms in total. The highest BCUT2D eigenvalue weighted by molar-refractivity contribution is 5.95. The summed E-state index contributed by atoms with van der Waals surface area (Å²) in [5.41, 5.74) is 6.90. The van der Waals surface area contributed by atoms with Crippen LogP contribution in [0.2, 0.25) is 0 Å². The molecule has 0 bridgehead atoms. The Kier molecular flexibility index (Phi) is 6.47. The Labute approximate surface area is 164 Å². The molecule has 0 spiro atoms. The number of piperidine rings is 1. The van der Waals surface area contributed by atoms with Gasteiger partial charge in [-0.1, -0.05) is 0 Å². The van der Waals surface area contributed by atoms with Crippen LogP contribution in [-0.2, 0) is 11.4 Å². The van der Waals surface area contributed by atoms with Crippen molar-refractivity contribution in [2.45, 2.75) is 26.4 Å².